The van der Waals surface area contributed by atoms with Gasteiger partial charge in [0.2, 0.25) is 5.91 Å². The van der Waals surface area contributed by atoms with Crippen molar-refractivity contribution in [3.05, 3.63) is 71.8 Å². The van der Waals surface area contributed by atoms with Crippen molar-refractivity contribution in [2.24, 2.45) is 22.4 Å². The number of rotatable bonds is 6. The zero-order valence-electron chi connectivity index (χ0n) is 16.0. The van der Waals surface area contributed by atoms with Crippen molar-refractivity contribution >= 4 is 11.6 Å². The first-order valence-corrected chi connectivity index (χ1v) is 10.1. The van der Waals surface area contributed by atoms with Crippen molar-refractivity contribution < 1.29 is 4.79 Å². The quantitative estimate of drug-likeness (QED) is 0.585. The maximum atomic E-state index is 12.8. The molecule has 140 valence electrons. The minimum Gasteiger partial charge on any atom is -0.273 e. The molecule has 0 saturated heterocycles. The molecule has 2 aromatic rings. The Hall–Kier alpha value is -2.42. The van der Waals surface area contributed by atoms with Gasteiger partial charge in [-0.3, -0.25) is 4.79 Å². The highest BCUT2D eigenvalue weighted by molar-refractivity contribution is 5.90. The van der Waals surface area contributed by atoms with E-state index in [1.54, 1.807) is 0 Å². The number of fused-ring (bicyclic) bond motifs is 1. The Bertz CT molecular complexity index is 771. The van der Waals surface area contributed by atoms with Gasteiger partial charge in [-0.05, 0) is 35.3 Å². The third-order valence-electron chi connectivity index (χ3n) is 6.44. The van der Waals surface area contributed by atoms with Crippen LogP contribution >= 0.6 is 0 Å². The molecule has 2 aliphatic carbocycles. The van der Waals surface area contributed by atoms with Gasteiger partial charge in [-0.1, -0.05) is 80.4 Å². The Morgan fingerprint density at radius 2 is 1.59 bits per heavy atom. The van der Waals surface area contributed by atoms with Gasteiger partial charge in [0.25, 0.3) is 0 Å². The highest BCUT2D eigenvalue weighted by Gasteiger charge is 2.64. The number of carbonyl (C=O) groups excluding carboxylic acids is 1. The summed E-state index contributed by atoms with van der Waals surface area (Å²) < 4.78 is 0. The zero-order chi connectivity index (χ0) is 18.7. The fourth-order valence-electron chi connectivity index (χ4n) is 4.86. The van der Waals surface area contributed by atoms with Crippen LogP contribution in [-0.4, -0.2) is 11.6 Å². The lowest BCUT2D eigenvalue weighted by atomic mass is 9.90. The van der Waals surface area contributed by atoms with E-state index in [0.29, 0.717) is 5.92 Å². The lowest BCUT2D eigenvalue weighted by molar-refractivity contribution is -0.123. The second-order valence-corrected chi connectivity index (χ2v) is 8.31. The smallest absolute Gasteiger partial charge is 0.244 e. The summed E-state index contributed by atoms with van der Waals surface area (Å²) in [5.41, 5.74) is 6.56. The van der Waals surface area contributed by atoms with Gasteiger partial charge in [0, 0.05) is 24.5 Å². The molecule has 0 heterocycles. The van der Waals surface area contributed by atoms with Crippen LogP contribution in [0.3, 0.4) is 0 Å². The minimum atomic E-state index is 0.114. The van der Waals surface area contributed by atoms with Crippen LogP contribution in [0.25, 0.3) is 0 Å². The molecule has 0 radical (unpaired) electrons. The van der Waals surface area contributed by atoms with Gasteiger partial charge in [0.1, 0.15) is 0 Å². The average molecular weight is 361 g/mol. The molecule has 2 aromatic carbocycles. The van der Waals surface area contributed by atoms with Crippen LogP contribution in [0.15, 0.2) is 65.8 Å². The number of amides is 1. The van der Waals surface area contributed by atoms with Crippen LogP contribution in [0, 0.1) is 17.3 Å². The molecule has 0 bridgehead atoms. The summed E-state index contributed by atoms with van der Waals surface area (Å²) in [6, 6.07) is 20.7. The van der Waals surface area contributed by atoms with E-state index >= 15 is 0 Å². The van der Waals surface area contributed by atoms with E-state index in [2.05, 4.69) is 41.7 Å². The SMILES string of the molecule is C[C@]12CCCC[C@@H]1[C@@H]2C(=O)NN=C(Cc1ccccc1)Cc1ccccc1. The highest BCUT2D eigenvalue weighted by atomic mass is 16.2. The zero-order valence-corrected chi connectivity index (χ0v) is 16.0. The minimum absolute atomic E-state index is 0.114. The van der Waals surface area contributed by atoms with E-state index in [9.17, 15) is 4.79 Å². The largest absolute Gasteiger partial charge is 0.273 e. The normalized spacial score (nSPS) is 26.0. The molecule has 0 spiro atoms. The number of nitrogens with one attached hydrogen (secondary N) is 1. The summed E-state index contributed by atoms with van der Waals surface area (Å²) in [4.78, 5) is 12.8. The summed E-state index contributed by atoms with van der Waals surface area (Å²) in [6.07, 6.45) is 6.40. The first-order valence-electron chi connectivity index (χ1n) is 10.1. The molecule has 0 aliphatic heterocycles. The third kappa shape index (κ3) is 3.97. The fraction of sp³-hybridized carbons (Fsp3) is 0.417. The van der Waals surface area contributed by atoms with Crippen LogP contribution in [0.1, 0.15) is 43.7 Å². The van der Waals surface area contributed by atoms with E-state index < -0.39 is 0 Å². The third-order valence-corrected chi connectivity index (χ3v) is 6.44. The molecule has 1 N–H and O–H groups in total. The first kappa shape index (κ1) is 18.0. The summed E-state index contributed by atoms with van der Waals surface area (Å²) in [7, 11) is 0. The predicted octanol–water partition coefficient (Wildman–Crippen LogP) is 4.77. The Morgan fingerprint density at radius 3 is 2.11 bits per heavy atom. The predicted molar refractivity (Wildman–Crippen MR) is 109 cm³/mol. The summed E-state index contributed by atoms with van der Waals surface area (Å²) in [5.74, 6) is 0.828. The molecule has 2 aliphatic rings. The number of carbonyl (C=O) groups is 1. The van der Waals surface area contributed by atoms with Crippen LogP contribution in [0.2, 0.25) is 0 Å². The van der Waals surface area contributed by atoms with Crippen molar-refractivity contribution in [1.82, 2.24) is 5.43 Å². The Morgan fingerprint density at radius 1 is 1.00 bits per heavy atom. The van der Waals surface area contributed by atoms with E-state index in [0.717, 1.165) is 18.6 Å². The molecule has 2 saturated carbocycles. The molecule has 1 amide bonds. The molecule has 0 aromatic heterocycles. The fourth-order valence-corrected chi connectivity index (χ4v) is 4.86. The maximum absolute atomic E-state index is 12.8. The summed E-state index contributed by atoms with van der Waals surface area (Å²) in [5, 5.41) is 4.58. The molecule has 0 unspecified atom stereocenters. The van der Waals surface area contributed by atoms with Crippen LogP contribution in [0.4, 0.5) is 0 Å². The molecule has 3 atom stereocenters. The Kier molecular flexibility index (Phi) is 5.11. The number of hydrogen-bond donors (Lipinski definition) is 1. The van der Waals surface area contributed by atoms with Gasteiger partial charge in [-0.2, -0.15) is 5.10 Å². The molecule has 2 fully saturated rings. The molecular weight excluding hydrogens is 332 g/mol. The lowest BCUT2D eigenvalue weighted by Crippen LogP contribution is -2.25. The van der Waals surface area contributed by atoms with Crippen molar-refractivity contribution in [2.45, 2.75) is 45.4 Å². The van der Waals surface area contributed by atoms with Gasteiger partial charge in [0.05, 0.1) is 0 Å². The van der Waals surface area contributed by atoms with Crippen LogP contribution in [0.5, 0.6) is 0 Å². The summed E-state index contributed by atoms with van der Waals surface area (Å²) in [6.45, 7) is 2.28. The molecular formula is C24H28N2O. The van der Waals surface area contributed by atoms with E-state index in [1.165, 1.54) is 36.8 Å². The topological polar surface area (TPSA) is 41.5 Å². The number of hydrazone groups is 1. The second-order valence-electron chi connectivity index (χ2n) is 8.31. The maximum Gasteiger partial charge on any atom is 0.244 e. The van der Waals surface area contributed by atoms with Gasteiger partial charge in [-0.15, -0.1) is 0 Å². The average Bonchev–Trinajstić information content (AvgIpc) is 3.33. The van der Waals surface area contributed by atoms with Gasteiger partial charge < -0.3 is 0 Å². The first-order chi connectivity index (χ1) is 13.2. The van der Waals surface area contributed by atoms with E-state index in [1.807, 2.05) is 36.4 Å². The van der Waals surface area contributed by atoms with Crippen molar-refractivity contribution in [3.63, 3.8) is 0 Å². The van der Waals surface area contributed by atoms with Gasteiger partial charge in [-0.25, -0.2) is 5.43 Å². The van der Waals surface area contributed by atoms with Crippen LogP contribution < -0.4 is 5.43 Å². The standard InChI is InChI=1S/C24H28N2O/c1-24-15-9-8-14-21(24)22(24)23(27)26-25-20(16-18-10-4-2-5-11-18)17-19-12-6-3-7-13-19/h2-7,10-13,21-22H,8-9,14-17H2,1H3,(H,26,27)/t21-,22-,24+/m1/s1. The lowest BCUT2D eigenvalue weighted by Gasteiger charge is -2.15. The van der Waals surface area contributed by atoms with E-state index in [-0.39, 0.29) is 17.2 Å². The molecule has 3 heteroatoms. The second kappa shape index (κ2) is 7.67. The van der Waals surface area contributed by atoms with Crippen molar-refractivity contribution in [2.75, 3.05) is 0 Å². The highest BCUT2D eigenvalue weighted by Crippen LogP contribution is 2.66. The van der Waals surface area contributed by atoms with E-state index in [4.69, 9.17) is 0 Å². The number of nitrogens with zero attached hydrogens (tertiary/aromatic N) is 1. The van der Waals surface area contributed by atoms with Gasteiger partial charge in [0.15, 0.2) is 0 Å². The van der Waals surface area contributed by atoms with Crippen molar-refractivity contribution in [3.8, 4) is 0 Å². The monoisotopic (exact) mass is 360 g/mol. The number of benzene rings is 2. The molecule has 3 nitrogen and oxygen atoms in total. The molecule has 4 rings (SSSR count). The van der Waals surface area contributed by atoms with Crippen molar-refractivity contribution in [1.29, 1.82) is 0 Å². The Labute approximate surface area is 161 Å². The van der Waals surface area contributed by atoms with Crippen LogP contribution in [-0.2, 0) is 17.6 Å². The Balaban J connectivity index is 1.47. The summed E-state index contributed by atoms with van der Waals surface area (Å²) >= 11 is 0. The van der Waals surface area contributed by atoms with Gasteiger partial charge >= 0.3 is 0 Å². The molecule has 27 heavy (non-hydrogen) atoms. The number of hydrogen-bond acceptors (Lipinski definition) is 2.